The van der Waals surface area contributed by atoms with Gasteiger partial charge in [0.1, 0.15) is 0 Å². The first-order valence-corrected chi connectivity index (χ1v) is 6.88. The standard InChI is InChI=1S/C15H16BrNO2/c1-4-19-15-7-11(5-6-14(15)18-3)12-8-17-9-13(16)10(12)2/h5-9H,4H2,1-3H3. The number of methoxy groups -OCH3 is 1. The maximum atomic E-state index is 5.60. The van der Waals surface area contributed by atoms with E-state index < -0.39 is 0 Å². The molecule has 0 aliphatic rings. The number of ether oxygens (including phenoxy) is 2. The molecule has 0 radical (unpaired) electrons. The van der Waals surface area contributed by atoms with Gasteiger partial charge in [-0.2, -0.15) is 0 Å². The molecule has 1 heterocycles. The fourth-order valence-electron chi connectivity index (χ4n) is 1.90. The molecule has 0 fully saturated rings. The third-order valence-corrected chi connectivity index (χ3v) is 3.73. The van der Waals surface area contributed by atoms with Gasteiger partial charge < -0.3 is 9.47 Å². The van der Waals surface area contributed by atoms with Crippen LogP contribution in [0.4, 0.5) is 0 Å². The van der Waals surface area contributed by atoms with E-state index in [0.717, 1.165) is 32.7 Å². The van der Waals surface area contributed by atoms with E-state index in [4.69, 9.17) is 9.47 Å². The molecule has 0 unspecified atom stereocenters. The van der Waals surface area contributed by atoms with Gasteiger partial charge in [-0.25, -0.2) is 0 Å². The number of aromatic nitrogens is 1. The van der Waals surface area contributed by atoms with Crippen molar-refractivity contribution in [1.29, 1.82) is 0 Å². The molecule has 0 bridgehead atoms. The summed E-state index contributed by atoms with van der Waals surface area (Å²) in [4.78, 5) is 4.22. The van der Waals surface area contributed by atoms with E-state index in [2.05, 4.69) is 27.8 Å². The fourth-order valence-corrected chi connectivity index (χ4v) is 2.23. The van der Waals surface area contributed by atoms with Gasteiger partial charge in [0.25, 0.3) is 0 Å². The lowest BCUT2D eigenvalue weighted by molar-refractivity contribution is 0.311. The predicted octanol–water partition coefficient (Wildman–Crippen LogP) is 4.23. The molecule has 3 nitrogen and oxygen atoms in total. The van der Waals surface area contributed by atoms with Crippen LogP contribution in [-0.2, 0) is 0 Å². The Kier molecular flexibility index (Phi) is 4.43. The van der Waals surface area contributed by atoms with E-state index in [1.54, 1.807) is 13.3 Å². The molecule has 0 N–H and O–H groups in total. The SMILES string of the molecule is CCOc1cc(-c2cncc(Br)c2C)ccc1OC. The molecule has 19 heavy (non-hydrogen) atoms. The summed E-state index contributed by atoms with van der Waals surface area (Å²) < 4.78 is 11.9. The van der Waals surface area contributed by atoms with Crippen molar-refractivity contribution in [2.45, 2.75) is 13.8 Å². The normalized spacial score (nSPS) is 10.3. The van der Waals surface area contributed by atoms with Crippen molar-refractivity contribution in [2.75, 3.05) is 13.7 Å². The van der Waals surface area contributed by atoms with Crippen molar-refractivity contribution < 1.29 is 9.47 Å². The number of halogens is 1. The molecule has 2 rings (SSSR count). The van der Waals surface area contributed by atoms with E-state index in [1.165, 1.54) is 0 Å². The molecule has 0 aliphatic heterocycles. The van der Waals surface area contributed by atoms with Gasteiger partial charge in [0.05, 0.1) is 13.7 Å². The molecule has 0 aliphatic carbocycles. The molecule has 2 aromatic rings. The van der Waals surface area contributed by atoms with Gasteiger partial charge in [0.15, 0.2) is 11.5 Å². The van der Waals surface area contributed by atoms with Crippen LogP contribution >= 0.6 is 15.9 Å². The van der Waals surface area contributed by atoms with Crippen molar-refractivity contribution in [3.8, 4) is 22.6 Å². The largest absolute Gasteiger partial charge is 0.493 e. The Balaban J connectivity index is 2.51. The molecular formula is C15H16BrNO2. The second-order valence-corrected chi connectivity index (χ2v) is 4.95. The smallest absolute Gasteiger partial charge is 0.161 e. The summed E-state index contributed by atoms with van der Waals surface area (Å²) >= 11 is 3.50. The van der Waals surface area contributed by atoms with Gasteiger partial charge >= 0.3 is 0 Å². The highest BCUT2D eigenvalue weighted by atomic mass is 79.9. The van der Waals surface area contributed by atoms with Crippen molar-refractivity contribution >= 4 is 15.9 Å². The summed E-state index contributed by atoms with van der Waals surface area (Å²) in [5.74, 6) is 1.49. The van der Waals surface area contributed by atoms with Crippen molar-refractivity contribution in [3.63, 3.8) is 0 Å². The topological polar surface area (TPSA) is 31.4 Å². The van der Waals surface area contributed by atoms with Crippen molar-refractivity contribution in [3.05, 3.63) is 40.6 Å². The zero-order valence-corrected chi connectivity index (χ0v) is 12.8. The van der Waals surface area contributed by atoms with Crippen molar-refractivity contribution in [1.82, 2.24) is 4.98 Å². The molecule has 0 saturated heterocycles. The number of hydrogen-bond donors (Lipinski definition) is 0. The Morgan fingerprint density at radius 1 is 1.21 bits per heavy atom. The van der Waals surface area contributed by atoms with Crippen LogP contribution in [0.2, 0.25) is 0 Å². The first kappa shape index (κ1) is 13.9. The average molecular weight is 322 g/mol. The maximum Gasteiger partial charge on any atom is 0.161 e. The lowest BCUT2D eigenvalue weighted by Gasteiger charge is -2.12. The highest BCUT2D eigenvalue weighted by molar-refractivity contribution is 9.10. The molecule has 0 amide bonds. The number of hydrogen-bond acceptors (Lipinski definition) is 3. The molecule has 0 saturated carbocycles. The maximum absolute atomic E-state index is 5.60. The Morgan fingerprint density at radius 2 is 2.00 bits per heavy atom. The Hall–Kier alpha value is -1.55. The molecule has 4 heteroatoms. The van der Waals surface area contributed by atoms with Crippen LogP contribution in [0.25, 0.3) is 11.1 Å². The van der Waals surface area contributed by atoms with Gasteiger partial charge in [-0.1, -0.05) is 6.07 Å². The van der Waals surface area contributed by atoms with Gasteiger partial charge in [0, 0.05) is 22.4 Å². The van der Waals surface area contributed by atoms with Gasteiger partial charge in [-0.3, -0.25) is 4.98 Å². The molecule has 0 spiro atoms. The Morgan fingerprint density at radius 3 is 2.68 bits per heavy atom. The zero-order valence-electron chi connectivity index (χ0n) is 11.2. The van der Waals surface area contributed by atoms with E-state index in [-0.39, 0.29) is 0 Å². The highest BCUT2D eigenvalue weighted by Crippen LogP contribution is 2.34. The monoisotopic (exact) mass is 321 g/mol. The third-order valence-electron chi connectivity index (χ3n) is 2.93. The summed E-state index contributed by atoms with van der Waals surface area (Å²) in [7, 11) is 1.64. The van der Waals surface area contributed by atoms with E-state index in [9.17, 15) is 0 Å². The minimum absolute atomic E-state index is 0.607. The van der Waals surface area contributed by atoms with E-state index in [1.807, 2.05) is 31.3 Å². The first-order chi connectivity index (χ1) is 9.17. The minimum atomic E-state index is 0.607. The fraction of sp³-hybridized carbons (Fsp3) is 0.267. The molecule has 0 atom stereocenters. The zero-order chi connectivity index (χ0) is 13.8. The van der Waals surface area contributed by atoms with Crippen molar-refractivity contribution in [2.24, 2.45) is 0 Å². The molecule has 1 aromatic heterocycles. The van der Waals surface area contributed by atoms with Crippen LogP contribution in [0.15, 0.2) is 35.1 Å². The quantitative estimate of drug-likeness (QED) is 0.844. The second-order valence-electron chi connectivity index (χ2n) is 4.09. The third kappa shape index (κ3) is 2.89. The van der Waals surface area contributed by atoms with Gasteiger partial charge in [-0.15, -0.1) is 0 Å². The summed E-state index contributed by atoms with van der Waals surface area (Å²) in [5.41, 5.74) is 3.30. The Bertz CT molecular complexity index is 584. The average Bonchev–Trinajstić information content (AvgIpc) is 2.42. The summed E-state index contributed by atoms with van der Waals surface area (Å²) in [6.45, 7) is 4.62. The summed E-state index contributed by atoms with van der Waals surface area (Å²) in [5, 5.41) is 0. The summed E-state index contributed by atoms with van der Waals surface area (Å²) in [6, 6.07) is 5.91. The van der Waals surface area contributed by atoms with Crippen LogP contribution in [0.5, 0.6) is 11.5 Å². The minimum Gasteiger partial charge on any atom is -0.493 e. The lowest BCUT2D eigenvalue weighted by atomic mass is 10.0. The van der Waals surface area contributed by atoms with Crippen LogP contribution in [0.1, 0.15) is 12.5 Å². The van der Waals surface area contributed by atoms with E-state index in [0.29, 0.717) is 6.61 Å². The predicted molar refractivity (Wildman–Crippen MR) is 79.8 cm³/mol. The number of nitrogens with zero attached hydrogens (tertiary/aromatic N) is 1. The first-order valence-electron chi connectivity index (χ1n) is 6.08. The van der Waals surface area contributed by atoms with Gasteiger partial charge in [0.2, 0.25) is 0 Å². The van der Waals surface area contributed by atoms with Crippen LogP contribution in [-0.4, -0.2) is 18.7 Å². The van der Waals surface area contributed by atoms with E-state index >= 15 is 0 Å². The molecule has 1 aromatic carbocycles. The lowest BCUT2D eigenvalue weighted by Crippen LogP contribution is -1.96. The second kappa shape index (κ2) is 6.06. The van der Waals surface area contributed by atoms with Crippen LogP contribution < -0.4 is 9.47 Å². The number of benzene rings is 1. The number of rotatable bonds is 4. The van der Waals surface area contributed by atoms with Crippen LogP contribution in [0, 0.1) is 6.92 Å². The number of pyridine rings is 1. The molecular weight excluding hydrogens is 306 g/mol. The molecule has 100 valence electrons. The Labute approximate surface area is 121 Å². The highest BCUT2D eigenvalue weighted by Gasteiger charge is 2.10. The van der Waals surface area contributed by atoms with Crippen LogP contribution in [0.3, 0.4) is 0 Å². The summed E-state index contributed by atoms with van der Waals surface area (Å²) in [6.07, 6.45) is 3.66. The van der Waals surface area contributed by atoms with Gasteiger partial charge in [-0.05, 0) is 53.0 Å².